The molecule has 0 aliphatic carbocycles. The Kier molecular flexibility index (Phi) is 4.16. The van der Waals surface area contributed by atoms with Crippen molar-refractivity contribution in [3.05, 3.63) is 71.1 Å². The van der Waals surface area contributed by atoms with Gasteiger partial charge in [-0.2, -0.15) is 10.2 Å². The Labute approximate surface area is 133 Å². The molecule has 1 N–H and O–H groups in total. The smallest absolute Gasteiger partial charge is 0.146 e. The van der Waals surface area contributed by atoms with Crippen molar-refractivity contribution in [2.75, 3.05) is 5.43 Å². The summed E-state index contributed by atoms with van der Waals surface area (Å²) >= 11 is 6.41. The maximum absolute atomic E-state index is 6.41. The third kappa shape index (κ3) is 2.99. The van der Waals surface area contributed by atoms with E-state index in [4.69, 9.17) is 11.6 Å². The first-order valence-corrected chi connectivity index (χ1v) is 7.14. The van der Waals surface area contributed by atoms with Gasteiger partial charge in [-0.1, -0.05) is 35.9 Å². The van der Waals surface area contributed by atoms with Gasteiger partial charge < -0.3 is 0 Å². The van der Waals surface area contributed by atoms with Crippen LogP contribution >= 0.6 is 11.6 Å². The molecule has 5 nitrogen and oxygen atoms in total. The highest BCUT2D eigenvalue weighted by Gasteiger charge is 2.12. The first-order valence-electron chi connectivity index (χ1n) is 6.76. The second-order valence-corrected chi connectivity index (χ2v) is 4.98. The van der Waals surface area contributed by atoms with Gasteiger partial charge in [0.15, 0.2) is 0 Å². The predicted octanol–water partition coefficient (Wildman–Crippen LogP) is 3.68. The van der Waals surface area contributed by atoms with Crippen molar-refractivity contribution in [3.63, 3.8) is 0 Å². The third-order valence-corrected chi connectivity index (χ3v) is 3.45. The van der Waals surface area contributed by atoms with Gasteiger partial charge in [0.2, 0.25) is 0 Å². The molecule has 110 valence electrons. The summed E-state index contributed by atoms with van der Waals surface area (Å²) in [5, 5.41) is 9.14. The topological polar surface area (TPSA) is 55.1 Å². The van der Waals surface area contributed by atoms with Crippen LogP contribution in [0.4, 0.5) is 5.82 Å². The van der Waals surface area contributed by atoms with E-state index in [2.05, 4.69) is 20.6 Å². The van der Waals surface area contributed by atoms with Crippen LogP contribution in [0.5, 0.6) is 0 Å². The summed E-state index contributed by atoms with van der Waals surface area (Å²) in [6, 6.07) is 15.3. The number of hydrazone groups is 1. The van der Waals surface area contributed by atoms with Crippen molar-refractivity contribution < 1.29 is 0 Å². The molecular formula is C16H14ClN5. The number of aryl methyl sites for hydroxylation is 1. The van der Waals surface area contributed by atoms with E-state index in [0.29, 0.717) is 11.0 Å². The number of benzene rings is 1. The largest absolute Gasteiger partial charge is 0.261 e. The number of aromatic nitrogens is 3. The quantitative estimate of drug-likeness (QED) is 0.591. The normalized spacial score (nSPS) is 11.0. The SMILES string of the molecule is Cc1nn(-c2ccccc2)c(Cl)c1/C=N\Nc1ccccn1. The number of nitrogens with one attached hydrogen (secondary N) is 1. The van der Waals surface area contributed by atoms with E-state index >= 15 is 0 Å². The molecule has 0 aliphatic rings. The van der Waals surface area contributed by atoms with Crippen molar-refractivity contribution >= 4 is 23.6 Å². The predicted molar refractivity (Wildman–Crippen MR) is 88.8 cm³/mol. The van der Waals surface area contributed by atoms with Crippen LogP contribution < -0.4 is 5.43 Å². The molecule has 22 heavy (non-hydrogen) atoms. The molecule has 0 fully saturated rings. The zero-order valence-electron chi connectivity index (χ0n) is 11.9. The van der Waals surface area contributed by atoms with Crippen LogP contribution in [0.1, 0.15) is 11.3 Å². The minimum atomic E-state index is 0.523. The highest BCUT2D eigenvalue weighted by Crippen LogP contribution is 2.21. The van der Waals surface area contributed by atoms with E-state index in [1.54, 1.807) is 17.1 Å². The molecule has 0 saturated heterocycles. The van der Waals surface area contributed by atoms with Crippen molar-refractivity contribution in [2.24, 2.45) is 5.10 Å². The summed E-state index contributed by atoms with van der Waals surface area (Å²) in [7, 11) is 0. The van der Waals surface area contributed by atoms with Crippen LogP contribution in [0.3, 0.4) is 0 Å². The Bertz CT molecular complexity index is 781. The van der Waals surface area contributed by atoms with Crippen molar-refractivity contribution in [3.8, 4) is 5.69 Å². The Hall–Kier alpha value is -2.66. The molecule has 0 saturated carbocycles. The van der Waals surface area contributed by atoms with E-state index in [0.717, 1.165) is 16.9 Å². The molecule has 3 aromatic rings. The van der Waals surface area contributed by atoms with Crippen LogP contribution in [-0.2, 0) is 0 Å². The molecule has 3 rings (SSSR count). The number of nitrogens with zero attached hydrogens (tertiary/aromatic N) is 4. The van der Waals surface area contributed by atoms with Crippen LogP contribution in [-0.4, -0.2) is 21.0 Å². The van der Waals surface area contributed by atoms with Crippen LogP contribution in [0.2, 0.25) is 5.15 Å². The van der Waals surface area contributed by atoms with E-state index in [9.17, 15) is 0 Å². The first-order chi connectivity index (χ1) is 10.8. The second kappa shape index (κ2) is 6.41. The Morgan fingerprint density at radius 2 is 1.91 bits per heavy atom. The van der Waals surface area contributed by atoms with Crippen molar-refractivity contribution in [1.82, 2.24) is 14.8 Å². The Balaban J connectivity index is 1.84. The molecule has 0 amide bonds. The van der Waals surface area contributed by atoms with Gasteiger partial charge in [0, 0.05) is 6.20 Å². The number of para-hydroxylation sites is 1. The molecule has 0 spiro atoms. The zero-order chi connectivity index (χ0) is 15.4. The molecule has 0 unspecified atom stereocenters. The van der Waals surface area contributed by atoms with Gasteiger partial charge in [-0.25, -0.2) is 9.67 Å². The van der Waals surface area contributed by atoms with Gasteiger partial charge in [-0.3, -0.25) is 5.43 Å². The maximum Gasteiger partial charge on any atom is 0.146 e. The lowest BCUT2D eigenvalue weighted by Crippen LogP contribution is -1.96. The second-order valence-electron chi connectivity index (χ2n) is 4.62. The fourth-order valence-corrected chi connectivity index (χ4v) is 2.31. The average molecular weight is 312 g/mol. The van der Waals surface area contributed by atoms with Crippen LogP contribution in [0.25, 0.3) is 5.69 Å². The summed E-state index contributed by atoms with van der Waals surface area (Å²) in [4.78, 5) is 4.13. The van der Waals surface area contributed by atoms with E-state index < -0.39 is 0 Å². The fraction of sp³-hybridized carbons (Fsp3) is 0.0625. The summed E-state index contributed by atoms with van der Waals surface area (Å²) < 4.78 is 1.69. The van der Waals surface area contributed by atoms with Crippen molar-refractivity contribution in [1.29, 1.82) is 0 Å². The molecule has 0 aliphatic heterocycles. The lowest BCUT2D eigenvalue weighted by molar-refractivity contribution is 0.863. The van der Waals surface area contributed by atoms with E-state index in [1.165, 1.54) is 0 Å². The fourth-order valence-electron chi connectivity index (χ4n) is 1.99. The number of pyridine rings is 1. The molecule has 0 atom stereocenters. The minimum Gasteiger partial charge on any atom is -0.261 e. The van der Waals surface area contributed by atoms with E-state index in [-0.39, 0.29) is 0 Å². The standard InChI is InChI=1S/C16H14ClN5/c1-12-14(11-19-20-15-9-5-6-10-18-15)16(17)22(21-12)13-7-3-2-4-8-13/h2-11H,1H3,(H,18,20)/b19-11-. The highest BCUT2D eigenvalue weighted by molar-refractivity contribution is 6.32. The molecule has 6 heteroatoms. The molecule has 0 bridgehead atoms. The Morgan fingerprint density at radius 1 is 1.14 bits per heavy atom. The average Bonchev–Trinajstić information content (AvgIpc) is 2.85. The van der Waals surface area contributed by atoms with Gasteiger partial charge in [0.25, 0.3) is 0 Å². The lowest BCUT2D eigenvalue weighted by atomic mass is 10.3. The number of hydrogen-bond donors (Lipinski definition) is 1. The number of anilines is 1. The molecule has 2 aromatic heterocycles. The molecule has 0 radical (unpaired) electrons. The number of halogens is 1. The van der Waals surface area contributed by atoms with Crippen LogP contribution in [0, 0.1) is 6.92 Å². The first kappa shape index (κ1) is 14.3. The maximum atomic E-state index is 6.41. The third-order valence-electron chi connectivity index (χ3n) is 3.09. The highest BCUT2D eigenvalue weighted by atomic mass is 35.5. The zero-order valence-corrected chi connectivity index (χ0v) is 12.7. The molecular weight excluding hydrogens is 298 g/mol. The van der Waals surface area contributed by atoms with Crippen LogP contribution in [0.15, 0.2) is 59.8 Å². The summed E-state index contributed by atoms with van der Waals surface area (Å²) in [5.41, 5.74) is 5.35. The number of hydrogen-bond acceptors (Lipinski definition) is 4. The van der Waals surface area contributed by atoms with Gasteiger partial charge in [0.1, 0.15) is 11.0 Å². The van der Waals surface area contributed by atoms with Gasteiger partial charge in [0.05, 0.1) is 23.2 Å². The summed E-state index contributed by atoms with van der Waals surface area (Å²) in [6.07, 6.45) is 3.35. The van der Waals surface area contributed by atoms with Gasteiger partial charge in [-0.15, -0.1) is 0 Å². The number of rotatable bonds is 4. The monoisotopic (exact) mass is 311 g/mol. The van der Waals surface area contributed by atoms with E-state index in [1.807, 2.05) is 55.5 Å². The Morgan fingerprint density at radius 3 is 2.64 bits per heavy atom. The summed E-state index contributed by atoms with van der Waals surface area (Å²) in [6.45, 7) is 1.90. The molecule has 2 heterocycles. The van der Waals surface area contributed by atoms with Crippen molar-refractivity contribution in [2.45, 2.75) is 6.92 Å². The molecule has 1 aromatic carbocycles. The minimum absolute atomic E-state index is 0.523. The van der Waals surface area contributed by atoms with Gasteiger partial charge >= 0.3 is 0 Å². The van der Waals surface area contributed by atoms with Gasteiger partial charge in [-0.05, 0) is 31.2 Å². The lowest BCUT2D eigenvalue weighted by Gasteiger charge is -2.02. The summed E-state index contributed by atoms with van der Waals surface area (Å²) in [5.74, 6) is 0.669.